The average Bonchev–Trinajstić information content (AvgIpc) is 3.64. The highest BCUT2D eigenvalue weighted by Crippen LogP contribution is 2.39. The van der Waals surface area contributed by atoms with Crippen LogP contribution in [0.15, 0.2) is 54.6 Å². The van der Waals surface area contributed by atoms with Crippen molar-refractivity contribution >= 4 is 40.6 Å². The van der Waals surface area contributed by atoms with Crippen LogP contribution in [0.4, 0.5) is 0 Å². The number of carbonyl (C=O) groups excluding carboxylic acids is 5. The van der Waals surface area contributed by atoms with Gasteiger partial charge in [-0.2, -0.15) is 0 Å². The first-order valence-corrected chi connectivity index (χ1v) is 21.3. The number of hydrogen-bond donors (Lipinski definition) is 3. The fourth-order valence-electron chi connectivity index (χ4n) is 8.32. The third-order valence-corrected chi connectivity index (χ3v) is 11.4. The van der Waals surface area contributed by atoms with Crippen molar-refractivity contribution in [3.05, 3.63) is 54.6 Å². The molecule has 13 heteroatoms. The van der Waals surface area contributed by atoms with Gasteiger partial charge in [0.2, 0.25) is 17.7 Å². The summed E-state index contributed by atoms with van der Waals surface area (Å²) in [6, 6.07) is 14.2. The first kappa shape index (κ1) is 45.9. The summed E-state index contributed by atoms with van der Waals surface area (Å²) in [5, 5.41) is 9.55. The van der Waals surface area contributed by atoms with Crippen LogP contribution in [0, 0.1) is 23.2 Å². The zero-order chi connectivity index (χ0) is 43.8. The number of nitrogens with one attached hydrogen (secondary N) is 3. The van der Waals surface area contributed by atoms with Crippen LogP contribution in [0.1, 0.15) is 106 Å². The van der Waals surface area contributed by atoms with Crippen molar-refractivity contribution in [2.45, 2.75) is 136 Å². The molecule has 6 atom stereocenters. The van der Waals surface area contributed by atoms with E-state index in [9.17, 15) is 24.0 Å². The minimum Gasteiger partial charge on any atom is -0.497 e. The Morgan fingerprint density at radius 1 is 0.800 bits per heavy atom. The second-order valence-corrected chi connectivity index (χ2v) is 18.3. The highest BCUT2D eigenvalue weighted by molar-refractivity contribution is 5.95. The van der Waals surface area contributed by atoms with E-state index in [0.717, 1.165) is 43.1 Å². The van der Waals surface area contributed by atoms with Crippen molar-refractivity contribution in [1.82, 2.24) is 20.9 Å². The van der Waals surface area contributed by atoms with Crippen LogP contribution in [0.5, 0.6) is 11.5 Å². The van der Waals surface area contributed by atoms with Crippen molar-refractivity contribution in [1.29, 1.82) is 0 Å². The lowest BCUT2D eigenvalue weighted by atomic mass is 9.82. The van der Waals surface area contributed by atoms with E-state index in [0.29, 0.717) is 35.6 Å². The lowest BCUT2D eigenvalue weighted by Crippen LogP contribution is -2.59. The summed E-state index contributed by atoms with van der Waals surface area (Å²) in [6.07, 6.45) is 5.14. The Labute approximate surface area is 354 Å². The standard InChI is InChI=1S/C47H64N4O9/c1-10-17-35(44(55)60-47(5,6)7)49-41(52)33-24-31(59-38-27-36(28-18-13-11-14-19-28)48-37-26-30(57-8)22-23-32(37)38)25-34(33)42(53)51-40(46(2,3)4)43(54)50-39(45(56)58-9)29-20-15-12-16-21-29/h11,13-14,18-19,22-23,26-27,29,31,33-35,39-40H,10,12,15-17,20-21,24-25H2,1-9H3,(H,49,52)(H,50,54)(H,51,53)/t31-,33-,34-,35+,39+,40-/m1/s1. The summed E-state index contributed by atoms with van der Waals surface area (Å²) < 4.78 is 23.0. The molecule has 0 unspecified atom stereocenters. The van der Waals surface area contributed by atoms with Gasteiger partial charge in [0.15, 0.2) is 0 Å². The van der Waals surface area contributed by atoms with Gasteiger partial charge >= 0.3 is 11.9 Å². The van der Waals surface area contributed by atoms with Crippen LogP contribution in [0.25, 0.3) is 22.2 Å². The molecule has 5 rings (SSSR count). The molecule has 3 aromatic rings. The molecule has 2 aromatic carbocycles. The fourth-order valence-corrected chi connectivity index (χ4v) is 8.32. The van der Waals surface area contributed by atoms with Gasteiger partial charge in [0, 0.05) is 23.1 Å². The monoisotopic (exact) mass is 828 g/mol. The Morgan fingerprint density at radius 2 is 1.45 bits per heavy atom. The number of hydrogen-bond acceptors (Lipinski definition) is 10. The van der Waals surface area contributed by atoms with Crippen molar-refractivity contribution < 1.29 is 42.9 Å². The minimum atomic E-state index is -1.06. The van der Waals surface area contributed by atoms with Crippen molar-refractivity contribution in [3.8, 4) is 22.8 Å². The van der Waals surface area contributed by atoms with E-state index < -0.39 is 76.7 Å². The molecule has 2 aliphatic carbocycles. The van der Waals surface area contributed by atoms with Gasteiger partial charge in [-0.15, -0.1) is 0 Å². The highest BCUT2D eigenvalue weighted by Gasteiger charge is 2.47. The molecule has 0 saturated heterocycles. The predicted molar refractivity (Wildman–Crippen MR) is 229 cm³/mol. The average molecular weight is 829 g/mol. The van der Waals surface area contributed by atoms with E-state index >= 15 is 0 Å². The number of amides is 3. The van der Waals surface area contributed by atoms with E-state index in [-0.39, 0.29) is 18.8 Å². The molecule has 2 saturated carbocycles. The van der Waals surface area contributed by atoms with E-state index in [2.05, 4.69) is 16.0 Å². The number of pyridine rings is 1. The number of rotatable bonds is 15. The van der Waals surface area contributed by atoms with Crippen molar-refractivity contribution in [2.24, 2.45) is 23.2 Å². The summed E-state index contributed by atoms with van der Waals surface area (Å²) >= 11 is 0. The lowest BCUT2D eigenvalue weighted by molar-refractivity contribution is -0.159. The van der Waals surface area contributed by atoms with Gasteiger partial charge in [0.25, 0.3) is 0 Å². The number of ether oxygens (including phenoxy) is 4. The SMILES string of the molecule is CCC[C@H](NC(=O)[C@@H]1C[C@@H](Oc2cc(-c3ccccc3)nc3cc(OC)ccc23)C[C@H]1C(=O)N[C@H](C(=O)N[C@H](C(=O)OC)C1CCCCC1)C(C)(C)C)C(=O)OC(C)(C)C. The molecule has 0 spiro atoms. The van der Waals surface area contributed by atoms with E-state index in [1.165, 1.54) is 7.11 Å². The van der Waals surface area contributed by atoms with Gasteiger partial charge in [-0.3, -0.25) is 14.4 Å². The second-order valence-electron chi connectivity index (χ2n) is 18.3. The first-order valence-electron chi connectivity index (χ1n) is 21.3. The number of methoxy groups -OCH3 is 2. The highest BCUT2D eigenvalue weighted by atomic mass is 16.6. The van der Waals surface area contributed by atoms with Gasteiger partial charge in [0.1, 0.15) is 41.3 Å². The van der Waals surface area contributed by atoms with Crippen LogP contribution in [0.3, 0.4) is 0 Å². The quantitative estimate of drug-likeness (QED) is 0.135. The van der Waals surface area contributed by atoms with Crippen molar-refractivity contribution in [3.63, 3.8) is 0 Å². The van der Waals surface area contributed by atoms with E-state index in [1.807, 2.05) is 82.3 Å². The van der Waals surface area contributed by atoms with Crippen LogP contribution in [-0.2, 0) is 33.4 Å². The Morgan fingerprint density at radius 3 is 2.03 bits per heavy atom. The molecule has 1 aromatic heterocycles. The van der Waals surface area contributed by atoms with Crippen LogP contribution < -0.4 is 25.4 Å². The minimum absolute atomic E-state index is 0.0823. The molecule has 3 N–H and O–H groups in total. The molecular formula is C47H64N4O9. The number of aromatic nitrogens is 1. The molecule has 2 aliphatic rings. The number of esters is 2. The van der Waals surface area contributed by atoms with Gasteiger partial charge in [-0.1, -0.05) is 83.7 Å². The zero-order valence-electron chi connectivity index (χ0n) is 36.7. The Bertz CT molecular complexity index is 1980. The van der Waals surface area contributed by atoms with Crippen LogP contribution >= 0.6 is 0 Å². The molecule has 1 heterocycles. The third kappa shape index (κ3) is 11.8. The van der Waals surface area contributed by atoms with E-state index in [4.69, 9.17) is 23.9 Å². The maximum absolute atomic E-state index is 14.6. The summed E-state index contributed by atoms with van der Waals surface area (Å²) in [4.78, 5) is 74.4. The lowest BCUT2D eigenvalue weighted by Gasteiger charge is -2.35. The number of fused-ring (bicyclic) bond motifs is 1. The Balaban J connectivity index is 1.47. The van der Waals surface area contributed by atoms with Gasteiger partial charge in [-0.25, -0.2) is 14.6 Å². The summed E-state index contributed by atoms with van der Waals surface area (Å²) in [7, 11) is 2.89. The Kier molecular flexibility index (Phi) is 15.2. The summed E-state index contributed by atoms with van der Waals surface area (Å²) in [6.45, 7) is 12.7. The summed E-state index contributed by atoms with van der Waals surface area (Å²) in [5.41, 5.74) is 0.633. The molecule has 13 nitrogen and oxygen atoms in total. The number of benzene rings is 2. The second kappa shape index (κ2) is 19.9. The molecule has 0 radical (unpaired) electrons. The maximum atomic E-state index is 14.6. The Hall–Kier alpha value is -5.20. The van der Waals surface area contributed by atoms with Crippen molar-refractivity contribution in [2.75, 3.05) is 14.2 Å². The zero-order valence-corrected chi connectivity index (χ0v) is 36.7. The largest absolute Gasteiger partial charge is 0.497 e. The molecule has 326 valence electrons. The van der Waals surface area contributed by atoms with E-state index in [1.54, 1.807) is 27.9 Å². The van der Waals surface area contributed by atoms with Gasteiger partial charge in [-0.05, 0) is 76.3 Å². The van der Waals surface area contributed by atoms with Crippen LogP contribution in [-0.4, -0.2) is 78.7 Å². The van der Waals surface area contributed by atoms with Crippen LogP contribution in [0.2, 0.25) is 0 Å². The fraction of sp³-hybridized carbons (Fsp3) is 0.574. The molecule has 0 aliphatic heterocycles. The topological polar surface area (TPSA) is 171 Å². The normalized spacial score (nSPS) is 20.0. The molecule has 60 heavy (non-hydrogen) atoms. The molecular weight excluding hydrogens is 765 g/mol. The third-order valence-electron chi connectivity index (χ3n) is 11.4. The first-order chi connectivity index (χ1) is 28.4. The molecule has 2 fully saturated rings. The number of carbonyl (C=O) groups is 5. The van der Waals surface area contributed by atoms with Gasteiger partial charge in [0.05, 0.1) is 37.3 Å². The number of nitrogens with zero attached hydrogens (tertiary/aromatic N) is 1. The maximum Gasteiger partial charge on any atom is 0.329 e. The van der Waals surface area contributed by atoms with Gasteiger partial charge < -0.3 is 34.9 Å². The smallest absolute Gasteiger partial charge is 0.329 e. The molecule has 3 amide bonds. The molecule has 0 bridgehead atoms. The predicted octanol–water partition coefficient (Wildman–Crippen LogP) is 7.08. The summed E-state index contributed by atoms with van der Waals surface area (Å²) in [5.74, 6) is -3.39.